The number of amides is 3. The molecule has 6 nitrogen and oxygen atoms in total. The third-order valence-corrected chi connectivity index (χ3v) is 4.93. The van der Waals surface area contributed by atoms with Gasteiger partial charge >= 0.3 is 0 Å². The third kappa shape index (κ3) is 5.52. The summed E-state index contributed by atoms with van der Waals surface area (Å²) in [6.45, 7) is 3.63. The van der Waals surface area contributed by atoms with Crippen molar-refractivity contribution in [3.05, 3.63) is 76.5 Å². The second-order valence-electron chi connectivity index (χ2n) is 6.69. The minimum Gasteiger partial charge on any atom is -0.326 e. The molecule has 29 heavy (non-hydrogen) atoms. The van der Waals surface area contributed by atoms with E-state index in [1.54, 1.807) is 54.6 Å². The molecule has 0 aliphatic heterocycles. The molecule has 0 spiro atoms. The highest BCUT2D eigenvalue weighted by atomic mass is 32.1. The molecule has 3 aromatic rings. The molecule has 0 radical (unpaired) electrons. The molecule has 7 heteroatoms. The second-order valence-corrected chi connectivity index (χ2v) is 7.64. The van der Waals surface area contributed by atoms with Crippen molar-refractivity contribution in [3.63, 3.8) is 0 Å². The lowest BCUT2D eigenvalue weighted by atomic mass is 10.1. The van der Waals surface area contributed by atoms with Gasteiger partial charge in [-0.1, -0.05) is 26.0 Å². The van der Waals surface area contributed by atoms with E-state index in [-0.39, 0.29) is 23.6 Å². The Morgan fingerprint density at radius 3 is 2.00 bits per heavy atom. The molecule has 2 aromatic carbocycles. The predicted octanol–water partition coefficient (Wildman–Crippen LogP) is 4.85. The van der Waals surface area contributed by atoms with Gasteiger partial charge in [0, 0.05) is 28.5 Å². The number of nitrogens with one attached hydrogen (secondary N) is 3. The monoisotopic (exact) mass is 407 g/mol. The van der Waals surface area contributed by atoms with Gasteiger partial charge in [-0.15, -0.1) is 11.3 Å². The lowest BCUT2D eigenvalue weighted by molar-refractivity contribution is -0.118. The Bertz CT molecular complexity index is 1010. The Morgan fingerprint density at radius 1 is 0.759 bits per heavy atom. The van der Waals surface area contributed by atoms with E-state index in [1.807, 2.05) is 25.3 Å². The maximum absolute atomic E-state index is 12.5. The van der Waals surface area contributed by atoms with Crippen molar-refractivity contribution < 1.29 is 14.4 Å². The maximum atomic E-state index is 12.5. The van der Waals surface area contributed by atoms with Crippen molar-refractivity contribution in [2.24, 2.45) is 5.92 Å². The van der Waals surface area contributed by atoms with Crippen LogP contribution in [0.2, 0.25) is 0 Å². The zero-order valence-corrected chi connectivity index (χ0v) is 16.9. The Morgan fingerprint density at radius 2 is 1.41 bits per heavy atom. The molecule has 148 valence electrons. The first-order valence-electron chi connectivity index (χ1n) is 9.09. The number of benzene rings is 2. The fraction of sp³-hybridized carbons (Fsp3) is 0.136. The van der Waals surface area contributed by atoms with Gasteiger partial charge in [0.2, 0.25) is 5.91 Å². The van der Waals surface area contributed by atoms with Crippen molar-refractivity contribution >= 4 is 46.1 Å². The fourth-order valence-electron chi connectivity index (χ4n) is 2.47. The summed E-state index contributed by atoms with van der Waals surface area (Å²) < 4.78 is 0. The Balaban J connectivity index is 1.63. The zero-order chi connectivity index (χ0) is 20.8. The Labute approximate surface area is 173 Å². The molecular formula is C22H21N3O3S. The van der Waals surface area contributed by atoms with Crippen molar-refractivity contribution in [2.75, 3.05) is 16.0 Å². The number of carbonyl (C=O) groups excluding carboxylic acids is 3. The van der Waals surface area contributed by atoms with Gasteiger partial charge in [-0.3, -0.25) is 14.4 Å². The molecule has 1 heterocycles. The molecule has 0 fully saturated rings. The van der Waals surface area contributed by atoms with Crippen LogP contribution in [0.15, 0.2) is 66.0 Å². The van der Waals surface area contributed by atoms with E-state index in [1.165, 1.54) is 11.3 Å². The highest BCUT2D eigenvalue weighted by molar-refractivity contribution is 7.12. The summed E-state index contributed by atoms with van der Waals surface area (Å²) in [6, 6.07) is 17.2. The van der Waals surface area contributed by atoms with Crippen LogP contribution in [0.5, 0.6) is 0 Å². The van der Waals surface area contributed by atoms with Gasteiger partial charge < -0.3 is 16.0 Å². The normalized spacial score (nSPS) is 10.4. The molecule has 0 unspecified atom stereocenters. The quantitative estimate of drug-likeness (QED) is 0.546. The highest BCUT2D eigenvalue weighted by Gasteiger charge is 2.11. The minimum atomic E-state index is -0.284. The van der Waals surface area contributed by atoms with E-state index < -0.39 is 0 Å². The number of rotatable bonds is 6. The van der Waals surface area contributed by atoms with Crippen LogP contribution in [-0.4, -0.2) is 17.7 Å². The largest absolute Gasteiger partial charge is 0.326 e. The van der Waals surface area contributed by atoms with Crippen LogP contribution >= 0.6 is 11.3 Å². The molecule has 3 amide bonds. The average Bonchev–Trinajstić information content (AvgIpc) is 3.23. The fourth-order valence-corrected chi connectivity index (χ4v) is 3.09. The summed E-state index contributed by atoms with van der Waals surface area (Å²) in [4.78, 5) is 37.0. The van der Waals surface area contributed by atoms with Crippen molar-refractivity contribution in [1.29, 1.82) is 0 Å². The van der Waals surface area contributed by atoms with Crippen LogP contribution in [0.4, 0.5) is 17.1 Å². The molecule has 0 saturated heterocycles. The molecule has 1 aromatic heterocycles. The summed E-state index contributed by atoms with van der Waals surface area (Å²) >= 11 is 1.36. The highest BCUT2D eigenvalue weighted by Crippen LogP contribution is 2.19. The van der Waals surface area contributed by atoms with Gasteiger partial charge in [-0.05, 0) is 53.9 Å². The topological polar surface area (TPSA) is 87.3 Å². The number of thiophene rings is 1. The second kappa shape index (κ2) is 9.16. The smallest absolute Gasteiger partial charge is 0.265 e. The van der Waals surface area contributed by atoms with E-state index in [0.29, 0.717) is 27.5 Å². The van der Waals surface area contributed by atoms with E-state index >= 15 is 0 Å². The lowest BCUT2D eigenvalue weighted by Crippen LogP contribution is -2.18. The number of hydrogen-bond donors (Lipinski definition) is 3. The summed E-state index contributed by atoms with van der Waals surface area (Å²) in [7, 11) is 0. The van der Waals surface area contributed by atoms with Crippen LogP contribution in [0.25, 0.3) is 0 Å². The van der Waals surface area contributed by atoms with Gasteiger partial charge in [0.15, 0.2) is 0 Å². The minimum absolute atomic E-state index is 0.0800. The zero-order valence-electron chi connectivity index (χ0n) is 16.1. The molecular weight excluding hydrogens is 386 g/mol. The molecule has 0 aliphatic rings. The van der Waals surface area contributed by atoms with E-state index in [0.717, 1.165) is 0 Å². The van der Waals surface area contributed by atoms with E-state index in [9.17, 15) is 14.4 Å². The maximum Gasteiger partial charge on any atom is 0.265 e. The first-order chi connectivity index (χ1) is 13.9. The molecule has 3 rings (SSSR count). The molecule has 0 saturated carbocycles. The van der Waals surface area contributed by atoms with E-state index in [2.05, 4.69) is 16.0 Å². The van der Waals surface area contributed by atoms with Gasteiger partial charge in [0.1, 0.15) is 0 Å². The van der Waals surface area contributed by atoms with Crippen LogP contribution in [0, 0.1) is 5.92 Å². The number of hydrogen-bond acceptors (Lipinski definition) is 4. The van der Waals surface area contributed by atoms with E-state index in [4.69, 9.17) is 0 Å². The summed E-state index contributed by atoms with van der Waals surface area (Å²) in [6.07, 6.45) is 0. The van der Waals surface area contributed by atoms with Crippen molar-refractivity contribution in [2.45, 2.75) is 13.8 Å². The average molecular weight is 407 g/mol. The summed E-state index contributed by atoms with van der Waals surface area (Å²) in [5.41, 5.74) is 2.25. The van der Waals surface area contributed by atoms with Crippen LogP contribution < -0.4 is 16.0 Å². The molecule has 0 aliphatic carbocycles. The van der Waals surface area contributed by atoms with Gasteiger partial charge in [0.25, 0.3) is 11.8 Å². The summed E-state index contributed by atoms with van der Waals surface area (Å²) in [5.74, 6) is -0.676. The SMILES string of the molecule is CC(C)C(=O)Nc1ccc(C(=O)Nc2cccc(NC(=O)c3cccs3)c2)cc1. The molecule has 0 atom stereocenters. The van der Waals surface area contributed by atoms with Gasteiger partial charge in [-0.2, -0.15) is 0 Å². The van der Waals surface area contributed by atoms with Crippen LogP contribution in [0.3, 0.4) is 0 Å². The third-order valence-electron chi connectivity index (χ3n) is 4.06. The number of carbonyl (C=O) groups is 3. The van der Waals surface area contributed by atoms with Gasteiger partial charge in [0.05, 0.1) is 4.88 Å². The standard InChI is InChI=1S/C22H21N3O3S/c1-14(2)20(26)23-16-10-8-15(9-11-16)21(27)24-17-5-3-6-18(13-17)25-22(28)19-7-4-12-29-19/h3-14H,1-2H3,(H,23,26)(H,24,27)(H,25,28). The first kappa shape index (κ1) is 20.3. The summed E-state index contributed by atoms with van der Waals surface area (Å²) in [5, 5.41) is 10.2. The Hall–Kier alpha value is -3.45. The molecule has 0 bridgehead atoms. The van der Waals surface area contributed by atoms with Crippen LogP contribution in [0.1, 0.15) is 33.9 Å². The Kier molecular flexibility index (Phi) is 6.41. The van der Waals surface area contributed by atoms with Crippen molar-refractivity contribution in [3.8, 4) is 0 Å². The lowest BCUT2D eigenvalue weighted by Gasteiger charge is -2.10. The van der Waals surface area contributed by atoms with Crippen molar-refractivity contribution in [1.82, 2.24) is 0 Å². The predicted molar refractivity (Wildman–Crippen MR) is 117 cm³/mol. The van der Waals surface area contributed by atoms with Crippen LogP contribution in [-0.2, 0) is 4.79 Å². The number of anilines is 3. The first-order valence-corrected chi connectivity index (χ1v) is 9.97. The van der Waals surface area contributed by atoms with Gasteiger partial charge in [-0.25, -0.2) is 0 Å². The molecule has 3 N–H and O–H groups in total.